The molecule has 1 unspecified atom stereocenters. The number of hydrogen-bond acceptors (Lipinski definition) is 3. The Morgan fingerprint density at radius 1 is 0.897 bits per heavy atom. The predicted octanol–water partition coefficient (Wildman–Crippen LogP) is 5.89. The summed E-state index contributed by atoms with van der Waals surface area (Å²) in [6.45, 7) is 5.45. The Labute approximate surface area is 237 Å². The first-order chi connectivity index (χ1) is 18.5. The minimum Gasteiger partial charge on any atom is -0.351 e. The van der Waals surface area contributed by atoms with Gasteiger partial charge in [0.2, 0.25) is 11.8 Å². The van der Waals surface area contributed by atoms with E-state index >= 15 is 0 Å². The minimum atomic E-state index is -1.10. The topological polar surface area (TPSA) is 94.3 Å². The fraction of sp³-hybridized carbons (Fsp3) is 0.233. The SMILES string of the molecule is CC(C)(C)NC(=O)C(c1ccc(Cl)cc1)N(CC(=O)NCc1ccc(Cl)cc1)C(=O)c1cc2ccccc2[nH]1. The lowest BCUT2D eigenvalue weighted by atomic mass is 10.0. The molecule has 3 aromatic carbocycles. The molecule has 1 aromatic heterocycles. The van der Waals surface area contributed by atoms with Crippen molar-refractivity contribution >= 4 is 51.8 Å². The molecule has 0 aliphatic carbocycles. The van der Waals surface area contributed by atoms with E-state index in [0.717, 1.165) is 16.5 Å². The molecule has 0 spiro atoms. The van der Waals surface area contributed by atoms with Gasteiger partial charge in [-0.25, -0.2) is 0 Å². The van der Waals surface area contributed by atoms with Crippen LogP contribution in [0, 0.1) is 0 Å². The third-order valence-corrected chi connectivity index (χ3v) is 6.49. The zero-order valence-corrected chi connectivity index (χ0v) is 23.4. The number of nitrogens with zero attached hydrogens (tertiary/aromatic N) is 1. The second-order valence-corrected chi connectivity index (χ2v) is 11.2. The highest BCUT2D eigenvalue weighted by Gasteiger charge is 2.35. The molecule has 0 fully saturated rings. The smallest absolute Gasteiger partial charge is 0.271 e. The molecule has 1 atom stereocenters. The third kappa shape index (κ3) is 7.40. The van der Waals surface area contributed by atoms with E-state index in [1.807, 2.05) is 57.2 Å². The first kappa shape index (κ1) is 28.2. The Balaban J connectivity index is 1.70. The van der Waals surface area contributed by atoms with Gasteiger partial charge in [-0.2, -0.15) is 0 Å². The third-order valence-electron chi connectivity index (χ3n) is 5.98. The van der Waals surface area contributed by atoms with Crippen molar-refractivity contribution in [1.29, 1.82) is 0 Å². The predicted molar refractivity (Wildman–Crippen MR) is 155 cm³/mol. The second kappa shape index (κ2) is 11.9. The highest BCUT2D eigenvalue weighted by Crippen LogP contribution is 2.27. The largest absolute Gasteiger partial charge is 0.351 e. The highest BCUT2D eigenvalue weighted by molar-refractivity contribution is 6.30. The number of benzene rings is 3. The molecule has 7 nitrogen and oxygen atoms in total. The molecule has 39 heavy (non-hydrogen) atoms. The van der Waals surface area contributed by atoms with E-state index in [0.29, 0.717) is 15.6 Å². The van der Waals surface area contributed by atoms with Crippen LogP contribution in [0.15, 0.2) is 78.9 Å². The molecule has 3 amide bonds. The van der Waals surface area contributed by atoms with Crippen LogP contribution in [-0.2, 0) is 16.1 Å². The summed E-state index contributed by atoms with van der Waals surface area (Å²) in [5, 5.41) is 7.73. The minimum absolute atomic E-state index is 0.240. The first-order valence-corrected chi connectivity index (χ1v) is 13.2. The molecule has 0 aliphatic rings. The summed E-state index contributed by atoms with van der Waals surface area (Å²) < 4.78 is 0. The number of para-hydroxylation sites is 1. The van der Waals surface area contributed by atoms with Gasteiger partial charge in [0.25, 0.3) is 5.91 Å². The van der Waals surface area contributed by atoms with E-state index in [1.165, 1.54) is 4.90 Å². The average molecular weight is 566 g/mol. The Hall–Kier alpha value is -3.81. The second-order valence-electron chi connectivity index (χ2n) is 10.3. The molecule has 0 saturated carbocycles. The molecular formula is C30H30Cl2N4O3. The van der Waals surface area contributed by atoms with Gasteiger partial charge in [-0.05, 0) is 68.3 Å². The van der Waals surface area contributed by atoms with Crippen LogP contribution in [0.25, 0.3) is 10.9 Å². The van der Waals surface area contributed by atoms with Crippen LogP contribution in [0.2, 0.25) is 10.0 Å². The summed E-state index contributed by atoms with van der Waals surface area (Å²) in [5.74, 6) is -1.33. The molecule has 3 N–H and O–H groups in total. The van der Waals surface area contributed by atoms with Crippen LogP contribution in [-0.4, -0.2) is 39.7 Å². The van der Waals surface area contributed by atoms with E-state index in [4.69, 9.17) is 23.2 Å². The summed E-state index contributed by atoms with van der Waals surface area (Å²) in [7, 11) is 0. The lowest BCUT2D eigenvalue weighted by Gasteiger charge is -2.33. The Morgan fingerprint density at radius 2 is 1.51 bits per heavy atom. The number of fused-ring (bicyclic) bond motifs is 1. The number of H-pyrrole nitrogens is 1. The monoisotopic (exact) mass is 564 g/mol. The normalized spacial score (nSPS) is 12.1. The fourth-order valence-electron chi connectivity index (χ4n) is 4.19. The number of halogens is 2. The first-order valence-electron chi connectivity index (χ1n) is 12.5. The van der Waals surface area contributed by atoms with Gasteiger partial charge in [-0.15, -0.1) is 0 Å². The maximum absolute atomic E-state index is 14.0. The van der Waals surface area contributed by atoms with Crippen LogP contribution >= 0.6 is 23.2 Å². The molecule has 4 rings (SSSR count). The summed E-state index contributed by atoms with van der Waals surface area (Å²) >= 11 is 12.1. The van der Waals surface area contributed by atoms with Gasteiger partial charge in [-0.3, -0.25) is 14.4 Å². The van der Waals surface area contributed by atoms with Gasteiger partial charge in [0, 0.05) is 33.0 Å². The van der Waals surface area contributed by atoms with E-state index in [1.54, 1.807) is 42.5 Å². The number of aromatic nitrogens is 1. The van der Waals surface area contributed by atoms with E-state index in [9.17, 15) is 14.4 Å². The van der Waals surface area contributed by atoms with E-state index in [2.05, 4.69) is 15.6 Å². The van der Waals surface area contributed by atoms with Crippen molar-refractivity contribution in [3.8, 4) is 0 Å². The van der Waals surface area contributed by atoms with Gasteiger partial charge in [0.05, 0.1) is 0 Å². The number of hydrogen-bond donors (Lipinski definition) is 3. The quantitative estimate of drug-likeness (QED) is 0.249. The Morgan fingerprint density at radius 3 is 2.13 bits per heavy atom. The molecule has 0 aliphatic heterocycles. The van der Waals surface area contributed by atoms with Crippen molar-refractivity contribution in [2.24, 2.45) is 0 Å². The van der Waals surface area contributed by atoms with Crippen molar-refractivity contribution in [2.75, 3.05) is 6.54 Å². The molecule has 4 aromatic rings. The summed E-state index contributed by atoms with van der Waals surface area (Å²) in [6, 6.07) is 21.9. The number of nitrogens with one attached hydrogen (secondary N) is 3. The van der Waals surface area contributed by atoms with Crippen LogP contribution in [0.3, 0.4) is 0 Å². The van der Waals surface area contributed by atoms with E-state index in [-0.39, 0.29) is 18.8 Å². The summed E-state index contributed by atoms with van der Waals surface area (Å²) in [5.41, 5.74) is 1.84. The average Bonchev–Trinajstić information content (AvgIpc) is 3.32. The number of rotatable bonds is 8. The van der Waals surface area contributed by atoms with Crippen LogP contribution in [0.5, 0.6) is 0 Å². The van der Waals surface area contributed by atoms with Crippen molar-refractivity contribution in [1.82, 2.24) is 20.5 Å². The lowest BCUT2D eigenvalue weighted by molar-refractivity contribution is -0.129. The fourth-order valence-corrected chi connectivity index (χ4v) is 4.45. The van der Waals surface area contributed by atoms with Crippen molar-refractivity contribution in [2.45, 2.75) is 38.9 Å². The zero-order chi connectivity index (χ0) is 28.2. The molecule has 0 bridgehead atoms. The van der Waals surface area contributed by atoms with Gasteiger partial charge in [-0.1, -0.05) is 65.7 Å². The van der Waals surface area contributed by atoms with Gasteiger partial charge in [0.1, 0.15) is 18.3 Å². The Bertz CT molecular complexity index is 1440. The van der Waals surface area contributed by atoms with Crippen LogP contribution in [0.1, 0.15) is 48.4 Å². The molecule has 0 radical (unpaired) electrons. The number of amides is 3. The zero-order valence-electron chi connectivity index (χ0n) is 21.9. The molecular weight excluding hydrogens is 535 g/mol. The summed E-state index contributed by atoms with van der Waals surface area (Å²) in [4.78, 5) is 45.3. The number of carbonyl (C=O) groups excluding carboxylic acids is 3. The van der Waals surface area contributed by atoms with Crippen molar-refractivity contribution in [3.05, 3.63) is 106 Å². The van der Waals surface area contributed by atoms with Crippen molar-refractivity contribution < 1.29 is 14.4 Å². The number of carbonyl (C=O) groups is 3. The maximum Gasteiger partial charge on any atom is 0.271 e. The van der Waals surface area contributed by atoms with Gasteiger partial charge in [0.15, 0.2) is 0 Å². The molecule has 9 heteroatoms. The van der Waals surface area contributed by atoms with Crippen molar-refractivity contribution in [3.63, 3.8) is 0 Å². The molecule has 202 valence electrons. The number of aromatic amines is 1. The van der Waals surface area contributed by atoms with Gasteiger partial charge >= 0.3 is 0 Å². The standard InChI is InChI=1S/C30H30Cl2N4O3/c1-30(2,3)35-28(38)27(20-10-14-23(32)15-11-20)36(18-26(37)33-17-19-8-12-22(31)13-9-19)29(39)25-16-21-6-4-5-7-24(21)34-25/h4-16,27,34H,17-18H2,1-3H3,(H,33,37)(H,35,38). The van der Waals surface area contributed by atoms with Crippen LogP contribution in [0.4, 0.5) is 0 Å². The maximum atomic E-state index is 14.0. The Kier molecular flexibility index (Phi) is 8.63. The highest BCUT2D eigenvalue weighted by atomic mass is 35.5. The van der Waals surface area contributed by atoms with Crippen LogP contribution < -0.4 is 10.6 Å². The summed E-state index contributed by atoms with van der Waals surface area (Å²) in [6.07, 6.45) is 0. The lowest BCUT2D eigenvalue weighted by Crippen LogP contribution is -2.51. The molecule has 1 heterocycles. The molecule has 0 saturated heterocycles. The van der Waals surface area contributed by atoms with E-state index < -0.39 is 29.3 Å². The van der Waals surface area contributed by atoms with Gasteiger partial charge < -0.3 is 20.5 Å².